The van der Waals surface area contributed by atoms with Gasteiger partial charge in [0.15, 0.2) is 0 Å². The van der Waals surface area contributed by atoms with E-state index in [1.54, 1.807) is 16.6 Å². The number of aromatic carboxylic acids is 1. The quantitative estimate of drug-likeness (QED) is 0.0485. The minimum absolute atomic E-state index is 0.00102. The van der Waals surface area contributed by atoms with Gasteiger partial charge >= 0.3 is 0 Å². The number of nitrogens with zero attached hydrogens (tertiary/aromatic N) is 6. The predicted molar refractivity (Wildman–Crippen MR) is 261 cm³/mol. The van der Waals surface area contributed by atoms with E-state index in [9.17, 15) is 14.7 Å². The molecule has 15 heteroatoms. The van der Waals surface area contributed by atoms with Gasteiger partial charge < -0.3 is 39.3 Å². The molecule has 14 nitrogen and oxygen atoms in total. The highest BCUT2D eigenvalue weighted by molar-refractivity contribution is 6.30. The number of benzene rings is 5. The Morgan fingerprint density at radius 2 is 1.69 bits per heavy atom. The van der Waals surface area contributed by atoms with Crippen LogP contribution in [-0.2, 0) is 6.54 Å². The van der Waals surface area contributed by atoms with Gasteiger partial charge in [-0.2, -0.15) is 14.6 Å². The summed E-state index contributed by atoms with van der Waals surface area (Å²) in [5.74, 6) is 1.55. The first kappa shape index (κ1) is 46.1. The molecule has 4 aromatic carbocycles. The molecule has 6 aromatic rings. The third kappa shape index (κ3) is 10.7. The molecule has 0 spiro atoms. The van der Waals surface area contributed by atoms with Crippen LogP contribution in [0.1, 0.15) is 65.8 Å². The van der Waals surface area contributed by atoms with Crippen molar-refractivity contribution >= 4 is 51.7 Å². The molecule has 0 saturated heterocycles. The molecule has 0 atom stereocenters. The molecule has 3 heterocycles. The van der Waals surface area contributed by atoms with Gasteiger partial charge in [0.05, 0.1) is 30.4 Å². The van der Waals surface area contributed by atoms with Crippen molar-refractivity contribution in [2.75, 3.05) is 51.6 Å². The van der Waals surface area contributed by atoms with E-state index in [-0.39, 0.29) is 23.1 Å². The Hall–Kier alpha value is -7.45. The number of carbonyl (C=O) groups excluding carboxylic acids is 2. The predicted octanol–water partition coefficient (Wildman–Crippen LogP) is 8.19. The number of ether oxygens (including phenoxy) is 2. The van der Waals surface area contributed by atoms with Crippen LogP contribution in [0, 0.1) is 0 Å². The fourth-order valence-corrected chi connectivity index (χ4v) is 8.05. The lowest BCUT2D eigenvalue weighted by Gasteiger charge is -2.20. The Balaban J connectivity index is 0.840. The first-order valence-electron chi connectivity index (χ1n) is 22.3. The summed E-state index contributed by atoms with van der Waals surface area (Å²) in [4.78, 5) is 37.1. The number of unbranched alkanes of at least 4 members (excludes halogenated alkanes) is 3. The van der Waals surface area contributed by atoms with Crippen molar-refractivity contribution in [3.05, 3.63) is 137 Å². The van der Waals surface area contributed by atoms with Crippen molar-refractivity contribution in [2.24, 2.45) is 0 Å². The maximum Gasteiger partial charge on any atom is 0.254 e. The fourth-order valence-electron chi connectivity index (χ4n) is 7.89. The van der Waals surface area contributed by atoms with Crippen LogP contribution in [0.4, 0.5) is 11.5 Å². The number of carbonyl (C=O) groups is 2. The molecule has 1 aliphatic carbocycles. The molecule has 67 heavy (non-hydrogen) atoms. The Morgan fingerprint density at radius 1 is 0.896 bits per heavy atom. The SMILES string of the molecule is CC(C)Oc1cc(Cl)ccc1CNc1cc(-c2ccc(OCCCCCCNC(=O)c3ccc(-c4c5ccc(=[N+](C)C)cc-5oc5cc(N(C)C)ccc45)c(C(=O)[O-])c3)cc2)nc2ncnn12. The molecule has 1 amide bonds. The summed E-state index contributed by atoms with van der Waals surface area (Å²) in [5, 5.41) is 25.8. The van der Waals surface area contributed by atoms with Gasteiger partial charge in [0.1, 0.15) is 49.1 Å². The van der Waals surface area contributed by atoms with Gasteiger partial charge in [-0.1, -0.05) is 36.6 Å². The molecule has 2 N–H and O–H groups in total. The number of halogens is 1. The number of anilines is 2. The van der Waals surface area contributed by atoms with E-state index in [1.165, 1.54) is 12.4 Å². The van der Waals surface area contributed by atoms with E-state index in [4.69, 9.17) is 30.5 Å². The molecule has 0 saturated carbocycles. The number of rotatable bonds is 18. The third-order valence-corrected chi connectivity index (χ3v) is 11.6. The molecule has 2 aromatic heterocycles. The standard InChI is InChI=1S/C52H53ClN8O6/c1-32(2)66-45-26-36(53)15-11-35(45)30-55-48-29-44(58-52-56-31-57-61(48)52)33-12-18-39(19-13-33)65-24-10-8-7-9-23-54-50(62)34-14-20-40(43(25-34)51(63)64)49-41-21-16-37(59(3)4)27-46(41)67-47-28-38(60(5)6)17-22-42(47)49/h11-22,25-29,31-32H,7-10,23-24,30H2,1-6H3,(H2-,54,55,56,57,58,62,63,64). The van der Waals surface area contributed by atoms with Gasteiger partial charge in [-0.25, -0.2) is 9.56 Å². The minimum atomic E-state index is -1.37. The van der Waals surface area contributed by atoms with Crippen molar-refractivity contribution in [3.63, 3.8) is 0 Å². The molecule has 0 fully saturated rings. The second kappa shape index (κ2) is 20.4. The van der Waals surface area contributed by atoms with Crippen LogP contribution in [0.2, 0.25) is 5.02 Å². The first-order valence-corrected chi connectivity index (χ1v) is 22.7. The minimum Gasteiger partial charge on any atom is -0.545 e. The number of carboxylic acids is 1. The number of fused-ring (bicyclic) bond motifs is 3. The number of carboxylic acid groups (broad SMARTS) is 1. The van der Waals surface area contributed by atoms with Crippen LogP contribution >= 0.6 is 11.6 Å². The van der Waals surface area contributed by atoms with Crippen LogP contribution in [0.3, 0.4) is 0 Å². The molecular weight excluding hydrogens is 868 g/mol. The number of aromatic nitrogens is 4. The Kier molecular flexibility index (Phi) is 14.0. The molecule has 2 aliphatic rings. The Labute approximate surface area is 393 Å². The maximum absolute atomic E-state index is 13.3. The van der Waals surface area contributed by atoms with E-state index in [2.05, 4.69) is 20.7 Å². The number of hydrogen-bond acceptors (Lipinski definition) is 11. The lowest BCUT2D eigenvalue weighted by Crippen LogP contribution is -2.27. The van der Waals surface area contributed by atoms with Crippen LogP contribution in [-0.4, -0.2) is 78.9 Å². The van der Waals surface area contributed by atoms with E-state index in [0.717, 1.165) is 81.8 Å². The molecule has 8 rings (SSSR count). The second-order valence-corrected chi connectivity index (χ2v) is 17.4. The van der Waals surface area contributed by atoms with Crippen LogP contribution in [0.5, 0.6) is 11.5 Å². The average molecular weight is 921 g/mol. The molecule has 1 aliphatic heterocycles. The lowest BCUT2D eigenvalue weighted by atomic mass is 9.89. The zero-order valence-corrected chi connectivity index (χ0v) is 39.2. The normalized spacial score (nSPS) is 11.3. The van der Waals surface area contributed by atoms with Gasteiger partial charge in [0, 0.05) is 94.9 Å². The maximum atomic E-state index is 13.3. The molecular formula is C52H53ClN8O6. The topological polar surface area (TPSA) is 162 Å². The third-order valence-electron chi connectivity index (χ3n) is 11.4. The van der Waals surface area contributed by atoms with Crippen molar-refractivity contribution in [1.82, 2.24) is 29.5 Å². The fraction of sp³-hybridized carbons (Fsp3) is 0.269. The summed E-state index contributed by atoms with van der Waals surface area (Å²) in [6.07, 6.45) is 4.87. The summed E-state index contributed by atoms with van der Waals surface area (Å²) in [7, 11) is 7.79. The smallest absolute Gasteiger partial charge is 0.254 e. The van der Waals surface area contributed by atoms with Gasteiger partial charge in [-0.3, -0.25) is 4.79 Å². The summed E-state index contributed by atoms with van der Waals surface area (Å²) < 4.78 is 22.1. The molecule has 0 radical (unpaired) electrons. The first-order chi connectivity index (χ1) is 32.3. The Morgan fingerprint density at radius 3 is 2.45 bits per heavy atom. The summed E-state index contributed by atoms with van der Waals surface area (Å²) in [6.45, 7) is 5.42. The van der Waals surface area contributed by atoms with Crippen molar-refractivity contribution in [2.45, 2.75) is 52.2 Å². The van der Waals surface area contributed by atoms with Gasteiger partial charge in [-0.15, -0.1) is 0 Å². The molecule has 0 unspecified atom stereocenters. The van der Waals surface area contributed by atoms with Gasteiger partial charge in [0.25, 0.3) is 11.7 Å². The summed E-state index contributed by atoms with van der Waals surface area (Å²) in [5.41, 5.74) is 6.18. The number of hydrogen-bond donors (Lipinski definition) is 2. The summed E-state index contributed by atoms with van der Waals surface area (Å²) >= 11 is 6.25. The van der Waals surface area contributed by atoms with Gasteiger partial charge in [0.2, 0.25) is 5.36 Å². The van der Waals surface area contributed by atoms with Crippen LogP contribution < -0.4 is 40.0 Å². The van der Waals surface area contributed by atoms with Crippen LogP contribution in [0.25, 0.3) is 50.5 Å². The van der Waals surface area contributed by atoms with E-state index in [1.807, 2.05) is 136 Å². The van der Waals surface area contributed by atoms with Crippen LogP contribution in [0.15, 0.2) is 114 Å². The van der Waals surface area contributed by atoms with Crippen molar-refractivity contribution < 1.29 is 28.6 Å². The highest BCUT2D eigenvalue weighted by Gasteiger charge is 2.22. The van der Waals surface area contributed by atoms with E-state index >= 15 is 0 Å². The Bertz CT molecular complexity index is 3120. The second-order valence-electron chi connectivity index (χ2n) is 17.0. The molecule has 0 bridgehead atoms. The number of nitrogens with one attached hydrogen (secondary N) is 2. The van der Waals surface area contributed by atoms with Crippen molar-refractivity contribution in [1.29, 1.82) is 0 Å². The highest BCUT2D eigenvalue weighted by atomic mass is 35.5. The zero-order chi connectivity index (χ0) is 47.2. The van der Waals surface area contributed by atoms with E-state index < -0.39 is 5.97 Å². The zero-order valence-electron chi connectivity index (χ0n) is 38.4. The largest absolute Gasteiger partial charge is 0.545 e. The average Bonchev–Trinajstić information content (AvgIpc) is 3.80. The number of amides is 1. The monoisotopic (exact) mass is 920 g/mol. The van der Waals surface area contributed by atoms with Gasteiger partial charge in [-0.05, 0) is 99.0 Å². The van der Waals surface area contributed by atoms with Crippen molar-refractivity contribution in [3.8, 4) is 45.2 Å². The lowest BCUT2D eigenvalue weighted by molar-refractivity contribution is -0.254. The summed E-state index contributed by atoms with van der Waals surface area (Å²) in [6, 6.07) is 31.8. The van der Waals surface area contributed by atoms with E-state index in [0.29, 0.717) is 53.0 Å². The molecule has 344 valence electrons. The highest BCUT2D eigenvalue weighted by Crippen LogP contribution is 2.42.